The first-order valence-electron chi connectivity index (χ1n) is 17.0. The highest BCUT2D eigenvalue weighted by atomic mass is 35.5. The Balaban J connectivity index is 0.940. The van der Waals surface area contributed by atoms with Gasteiger partial charge in [-0.25, -0.2) is 0 Å². The Kier molecular flexibility index (Phi) is 8.97. The molecule has 0 aliphatic carbocycles. The molecule has 0 bridgehead atoms. The molecule has 1 saturated heterocycles. The molecule has 0 spiro atoms. The molecule has 2 aromatic carbocycles. The van der Waals surface area contributed by atoms with E-state index in [1.54, 1.807) is 28.5 Å². The third kappa shape index (κ3) is 6.30. The van der Waals surface area contributed by atoms with Gasteiger partial charge in [0.15, 0.2) is 5.82 Å². The van der Waals surface area contributed by atoms with Gasteiger partial charge in [0.2, 0.25) is 5.91 Å². The molecule has 2 atom stereocenters. The standard InChI is InChI=1S/C39H33ClN8O3S/c1-23-32(52-39-35(23)36(27-11-13-28(40)14-12-27)41-20-33-45-44-24(2)48(33)39)16-10-25-19-42-46(21-25)18-5-3-4-7-26-8-6-9-29-30(26)22-47(38(29)51)31-15-17-34(49)43-37(31)50/h6,8-9,11-14,19,21,31,34,49H,3,5,15,17-18,20,22H2,1-2H3,(H,43,50). The fourth-order valence-electron chi connectivity index (χ4n) is 6.87. The van der Waals surface area contributed by atoms with Crippen molar-refractivity contribution in [3.8, 4) is 28.7 Å². The summed E-state index contributed by atoms with van der Waals surface area (Å²) >= 11 is 7.81. The van der Waals surface area contributed by atoms with Crippen molar-refractivity contribution in [2.75, 3.05) is 0 Å². The van der Waals surface area contributed by atoms with Crippen molar-refractivity contribution in [3.63, 3.8) is 0 Å². The molecule has 3 aromatic heterocycles. The lowest BCUT2D eigenvalue weighted by atomic mass is 10.00. The molecule has 5 aromatic rings. The highest BCUT2D eigenvalue weighted by Crippen LogP contribution is 2.37. The molecule has 260 valence electrons. The zero-order valence-corrected chi connectivity index (χ0v) is 30.1. The molecule has 1 fully saturated rings. The number of aliphatic imine (C=N–C) groups is 1. The third-order valence-corrected chi connectivity index (χ3v) is 11.0. The number of benzene rings is 2. The van der Waals surface area contributed by atoms with E-state index in [4.69, 9.17) is 16.6 Å². The zero-order chi connectivity index (χ0) is 35.9. The van der Waals surface area contributed by atoms with Gasteiger partial charge in [0.1, 0.15) is 29.6 Å². The number of rotatable bonds is 5. The molecule has 2 amide bonds. The molecule has 2 unspecified atom stereocenters. The number of hydrogen-bond acceptors (Lipinski definition) is 8. The number of fused-ring (bicyclic) bond motifs is 4. The monoisotopic (exact) mass is 728 g/mol. The summed E-state index contributed by atoms with van der Waals surface area (Å²) in [5.41, 5.74) is 6.98. The van der Waals surface area contributed by atoms with E-state index in [-0.39, 0.29) is 11.8 Å². The van der Waals surface area contributed by atoms with Crippen LogP contribution in [0.2, 0.25) is 5.02 Å². The van der Waals surface area contributed by atoms with Crippen molar-refractivity contribution >= 4 is 40.5 Å². The lowest BCUT2D eigenvalue weighted by Crippen LogP contribution is -2.54. The molecule has 3 aliphatic heterocycles. The van der Waals surface area contributed by atoms with Gasteiger partial charge in [-0.15, -0.1) is 21.5 Å². The van der Waals surface area contributed by atoms with Crippen molar-refractivity contribution in [1.29, 1.82) is 0 Å². The summed E-state index contributed by atoms with van der Waals surface area (Å²) in [6.45, 7) is 5.47. The van der Waals surface area contributed by atoms with Gasteiger partial charge in [-0.2, -0.15) is 5.10 Å². The summed E-state index contributed by atoms with van der Waals surface area (Å²) in [4.78, 5) is 33.1. The second-order valence-corrected chi connectivity index (χ2v) is 14.4. The molecule has 13 heteroatoms. The fraction of sp³-hybridized carbons (Fsp3) is 0.282. The minimum absolute atomic E-state index is 0.173. The third-order valence-electron chi connectivity index (χ3n) is 9.52. The number of hydrogen-bond donors (Lipinski definition) is 2. The highest BCUT2D eigenvalue weighted by molar-refractivity contribution is 7.15. The van der Waals surface area contributed by atoms with Gasteiger partial charge in [-0.05, 0) is 68.5 Å². The summed E-state index contributed by atoms with van der Waals surface area (Å²) in [6, 6.07) is 12.7. The van der Waals surface area contributed by atoms with E-state index in [0.717, 1.165) is 67.0 Å². The van der Waals surface area contributed by atoms with Crippen molar-refractivity contribution < 1.29 is 14.7 Å². The molecule has 2 N–H and O–H groups in total. The lowest BCUT2D eigenvalue weighted by Gasteiger charge is -2.32. The first-order valence-corrected chi connectivity index (χ1v) is 18.2. The number of thiophene rings is 1. The van der Waals surface area contributed by atoms with Crippen LogP contribution in [-0.2, 0) is 24.4 Å². The van der Waals surface area contributed by atoms with Crippen molar-refractivity contribution in [1.82, 2.24) is 34.8 Å². The Hall–Kier alpha value is -5.53. The summed E-state index contributed by atoms with van der Waals surface area (Å²) in [7, 11) is 0. The van der Waals surface area contributed by atoms with Gasteiger partial charge in [0.05, 0.1) is 22.3 Å². The van der Waals surface area contributed by atoms with Gasteiger partial charge < -0.3 is 15.3 Å². The summed E-state index contributed by atoms with van der Waals surface area (Å²) in [5, 5.41) is 27.2. The number of halogens is 1. The molecular formula is C39H33ClN8O3S. The minimum Gasteiger partial charge on any atom is -0.374 e. The van der Waals surface area contributed by atoms with Crippen LogP contribution in [0, 0.1) is 37.5 Å². The summed E-state index contributed by atoms with van der Waals surface area (Å²) < 4.78 is 3.96. The normalized spacial score (nSPS) is 17.5. The van der Waals surface area contributed by atoms with Crippen molar-refractivity contribution in [2.24, 2.45) is 4.99 Å². The second-order valence-electron chi connectivity index (χ2n) is 12.9. The average molecular weight is 729 g/mol. The smallest absolute Gasteiger partial charge is 0.255 e. The van der Waals surface area contributed by atoms with Crippen LogP contribution in [0.3, 0.4) is 0 Å². The quantitative estimate of drug-likeness (QED) is 0.195. The maximum absolute atomic E-state index is 13.1. The van der Waals surface area contributed by atoms with Crippen LogP contribution in [0.25, 0.3) is 5.00 Å². The van der Waals surface area contributed by atoms with Crippen LogP contribution in [0.5, 0.6) is 0 Å². The molecule has 0 radical (unpaired) electrons. The Morgan fingerprint density at radius 3 is 2.73 bits per heavy atom. The van der Waals surface area contributed by atoms with E-state index in [0.29, 0.717) is 49.5 Å². The van der Waals surface area contributed by atoms with Gasteiger partial charge in [0.25, 0.3) is 5.91 Å². The Labute approximate surface area is 309 Å². The van der Waals surface area contributed by atoms with Gasteiger partial charge in [0, 0.05) is 53.0 Å². The van der Waals surface area contributed by atoms with Gasteiger partial charge in [-0.3, -0.25) is 23.8 Å². The van der Waals surface area contributed by atoms with Gasteiger partial charge >= 0.3 is 0 Å². The van der Waals surface area contributed by atoms with E-state index < -0.39 is 12.3 Å². The summed E-state index contributed by atoms with van der Waals surface area (Å²) in [6.07, 6.45) is 5.13. The number of carbonyl (C=O) groups excluding carboxylic acids is 2. The van der Waals surface area contributed by atoms with Crippen LogP contribution in [0.1, 0.15) is 85.9 Å². The predicted octanol–water partition coefficient (Wildman–Crippen LogP) is 4.93. The minimum atomic E-state index is -0.862. The number of aliphatic hydroxyl groups is 1. The molecule has 8 rings (SSSR count). The lowest BCUT2D eigenvalue weighted by molar-refractivity contribution is -0.132. The Morgan fingerprint density at radius 2 is 1.90 bits per heavy atom. The Bertz CT molecular complexity index is 2400. The first-order chi connectivity index (χ1) is 25.2. The highest BCUT2D eigenvalue weighted by Gasteiger charge is 2.39. The maximum Gasteiger partial charge on any atom is 0.255 e. The van der Waals surface area contributed by atoms with Crippen molar-refractivity contribution in [3.05, 3.63) is 115 Å². The topological polar surface area (TPSA) is 131 Å². The van der Waals surface area contributed by atoms with Crippen molar-refractivity contribution in [2.45, 2.75) is 71.4 Å². The first kappa shape index (κ1) is 33.6. The number of piperidine rings is 1. The number of aryl methyl sites for hydroxylation is 2. The van der Waals surface area contributed by atoms with Gasteiger partial charge in [-0.1, -0.05) is 53.5 Å². The molecule has 3 aliphatic rings. The van der Waals surface area contributed by atoms with E-state index in [1.807, 2.05) is 54.2 Å². The van der Waals surface area contributed by atoms with Crippen LogP contribution >= 0.6 is 22.9 Å². The number of amides is 2. The average Bonchev–Trinajstić information content (AvgIpc) is 3.88. The van der Waals surface area contributed by atoms with Crippen LogP contribution < -0.4 is 5.32 Å². The molecule has 11 nitrogen and oxygen atoms in total. The number of nitrogens with one attached hydrogen (secondary N) is 1. The van der Waals surface area contributed by atoms with E-state index in [2.05, 4.69) is 55.8 Å². The SMILES string of the molecule is Cc1c(C#Cc2cnn(CCCC#Cc3cccc4c3CN(C3CCC(O)NC3=O)C4=O)c2)sc2c1C(c1ccc(Cl)cc1)=NCc1nnc(C)n1-2. The number of unbranched alkanes of at least 4 members (excludes halogenated alkanes) is 1. The fourth-order valence-corrected chi connectivity index (χ4v) is 8.22. The zero-order valence-electron chi connectivity index (χ0n) is 28.5. The van der Waals surface area contributed by atoms with E-state index in [1.165, 1.54) is 0 Å². The number of aromatic nitrogens is 5. The van der Waals surface area contributed by atoms with Crippen LogP contribution in [-0.4, -0.2) is 64.3 Å². The predicted molar refractivity (Wildman–Crippen MR) is 197 cm³/mol. The van der Waals surface area contributed by atoms with E-state index in [9.17, 15) is 14.7 Å². The van der Waals surface area contributed by atoms with Crippen LogP contribution in [0.4, 0.5) is 0 Å². The number of carbonyl (C=O) groups is 2. The van der Waals surface area contributed by atoms with Crippen LogP contribution in [0.15, 0.2) is 59.9 Å². The molecular weight excluding hydrogens is 696 g/mol. The summed E-state index contributed by atoms with van der Waals surface area (Å²) in [5.74, 6) is 14.3. The van der Waals surface area contributed by atoms with E-state index >= 15 is 0 Å². The Morgan fingerprint density at radius 1 is 1.06 bits per heavy atom. The molecule has 6 heterocycles. The largest absolute Gasteiger partial charge is 0.374 e. The number of nitrogens with zero attached hydrogens (tertiary/aromatic N) is 7. The second kappa shape index (κ2) is 13.9. The maximum atomic E-state index is 13.1. The molecule has 52 heavy (non-hydrogen) atoms. The molecule has 0 saturated carbocycles. The number of aliphatic hydroxyl groups excluding tert-OH is 1.